The summed E-state index contributed by atoms with van der Waals surface area (Å²) in [4.78, 5) is 0. The molecule has 2 fully saturated rings. The second-order valence-corrected chi connectivity index (χ2v) is 6.81. The Morgan fingerprint density at radius 2 is 2.20 bits per heavy atom. The maximum Gasteiger partial charge on any atom is 0.120 e. The molecular formula is C17H24ClNO. The maximum absolute atomic E-state index is 6.43. The van der Waals surface area contributed by atoms with Gasteiger partial charge in [0.2, 0.25) is 0 Å². The predicted molar refractivity (Wildman–Crippen MR) is 83.4 cm³/mol. The summed E-state index contributed by atoms with van der Waals surface area (Å²) in [5.41, 5.74) is 1.21. The number of rotatable bonds is 5. The molecule has 2 saturated carbocycles. The average Bonchev–Trinajstić information content (AvgIpc) is 3.07. The van der Waals surface area contributed by atoms with Gasteiger partial charge in [-0.1, -0.05) is 24.1 Å². The molecule has 0 heterocycles. The van der Waals surface area contributed by atoms with Crippen LogP contribution in [0, 0.1) is 17.8 Å². The standard InChI is InChI=1S/C17H24ClNO/c1-19-17(9-13-8-11-3-4-12(13)7-11)15-6-5-14(20-2)10-16(15)18/h5-6,10-13,17,19H,3-4,7-9H2,1-2H3. The number of ether oxygens (including phenoxy) is 1. The van der Waals surface area contributed by atoms with Crippen LogP contribution in [-0.2, 0) is 0 Å². The Kier molecular flexibility index (Phi) is 4.23. The smallest absolute Gasteiger partial charge is 0.120 e. The molecule has 0 amide bonds. The van der Waals surface area contributed by atoms with Crippen LogP contribution in [0.15, 0.2) is 18.2 Å². The molecule has 0 radical (unpaired) electrons. The number of benzene rings is 1. The molecule has 1 N–H and O–H groups in total. The van der Waals surface area contributed by atoms with Crippen molar-refractivity contribution in [1.82, 2.24) is 5.32 Å². The molecule has 2 aliphatic carbocycles. The van der Waals surface area contributed by atoms with E-state index in [9.17, 15) is 0 Å². The van der Waals surface area contributed by atoms with E-state index in [1.165, 1.54) is 37.7 Å². The van der Waals surface area contributed by atoms with E-state index in [-0.39, 0.29) is 0 Å². The van der Waals surface area contributed by atoms with Crippen molar-refractivity contribution in [2.75, 3.05) is 14.2 Å². The first-order chi connectivity index (χ1) is 9.71. The largest absolute Gasteiger partial charge is 0.497 e. The summed E-state index contributed by atoms with van der Waals surface area (Å²) in [6.07, 6.45) is 7.02. The van der Waals surface area contributed by atoms with Crippen LogP contribution >= 0.6 is 11.6 Å². The fourth-order valence-corrected chi connectivity index (χ4v) is 4.59. The van der Waals surface area contributed by atoms with Gasteiger partial charge in [-0.05, 0) is 68.2 Å². The van der Waals surface area contributed by atoms with E-state index < -0.39 is 0 Å². The highest BCUT2D eigenvalue weighted by molar-refractivity contribution is 6.31. The first kappa shape index (κ1) is 14.2. The lowest BCUT2D eigenvalue weighted by molar-refractivity contribution is 0.284. The molecule has 4 atom stereocenters. The molecule has 0 spiro atoms. The van der Waals surface area contributed by atoms with Gasteiger partial charge in [-0.2, -0.15) is 0 Å². The van der Waals surface area contributed by atoms with E-state index in [0.29, 0.717) is 6.04 Å². The van der Waals surface area contributed by atoms with Crippen LogP contribution < -0.4 is 10.1 Å². The lowest BCUT2D eigenvalue weighted by Crippen LogP contribution is -2.23. The zero-order chi connectivity index (χ0) is 14.1. The summed E-state index contributed by atoms with van der Waals surface area (Å²) in [7, 11) is 3.72. The van der Waals surface area contributed by atoms with E-state index in [0.717, 1.165) is 28.5 Å². The summed E-state index contributed by atoms with van der Waals surface area (Å²) < 4.78 is 5.23. The third-order valence-corrected chi connectivity index (χ3v) is 5.68. The van der Waals surface area contributed by atoms with Crippen LogP contribution in [0.2, 0.25) is 5.02 Å². The lowest BCUT2D eigenvalue weighted by atomic mass is 9.83. The van der Waals surface area contributed by atoms with Gasteiger partial charge >= 0.3 is 0 Å². The number of halogens is 1. The molecule has 2 nitrogen and oxygen atoms in total. The predicted octanol–water partition coefficient (Wildman–Crippen LogP) is 4.44. The molecule has 0 saturated heterocycles. The zero-order valence-corrected chi connectivity index (χ0v) is 13.1. The Hall–Kier alpha value is -0.730. The molecule has 3 rings (SSSR count). The molecule has 2 aliphatic rings. The highest BCUT2D eigenvalue weighted by atomic mass is 35.5. The fraction of sp³-hybridized carbons (Fsp3) is 0.647. The average molecular weight is 294 g/mol. The van der Waals surface area contributed by atoms with Gasteiger partial charge in [0.05, 0.1) is 7.11 Å². The Balaban J connectivity index is 1.73. The van der Waals surface area contributed by atoms with Crippen molar-refractivity contribution in [3.8, 4) is 5.75 Å². The number of hydrogen-bond acceptors (Lipinski definition) is 2. The lowest BCUT2D eigenvalue weighted by Gasteiger charge is -2.27. The molecule has 1 aromatic carbocycles. The van der Waals surface area contributed by atoms with Gasteiger partial charge in [-0.3, -0.25) is 0 Å². The summed E-state index contributed by atoms with van der Waals surface area (Å²) in [5, 5.41) is 4.27. The van der Waals surface area contributed by atoms with Crippen molar-refractivity contribution in [3.63, 3.8) is 0 Å². The van der Waals surface area contributed by atoms with Crippen LogP contribution in [0.25, 0.3) is 0 Å². The summed E-state index contributed by atoms with van der Waals surface area (Å²) in [5.74, 6) is 3.68. The van der Waals surface area contributed by atoms with Crippen LogP contribution in [0.5, 0.6) is 5.75 Å². The van der Waals surface area contributed by atoms with E-state index in [2.05, 4.69) is 11.4 Å². The van der Waals surface area contributed by atoms with Gasteiger partial charge in [0.1, 0.15) is 5.75 Å². The zero-order valence-electron chi connectivity index (χ0n) is 12.4. The van der Waals surface area contributed by atoms with Crippen molar-refractivity contribution < 1.29 is 4.74 Å². The van der Waals surface area contributed by atoms with Crippen LogP contribution in [0.3, 0.4) is 0 Å². The van der Waals surface area contributed by atoms with Crippen molar-refractivity contribution in [2.24, 2.45) is 17.8 Å². The maximum atomic E-state index is 6.43. The highest BCUT2D eigenvalue weighted by Crippen LogP contribution is 2.51. The van der Waals surface area contributed by atoms with E-state index >= 15 is 0 Å². The first-order valence-corrected chi connectivity index (χ1v) is 8.09. The minimum Gasteiger partial charge on any atom is -0.497 e. The van der Waals surface area contributed by atoms with Crippen molar-refractivity contribution in [2.45, 2.75) is 38.1 Å². The fourth-order valence-electron chi connectivity index (χ4n) is 4.29. The molecule has 4 unspecified atom stereocenters. The SMILES string of the molecule is CNC(CC1CC2CCC1C2)c1ccc(OC)cc1Cl. The van der Waals surface area contributed by atoms with Crippen molar-refractivity contribution in [3.05, 3.63) is 28.8 Å². The summed E-state index contributed by atoms with van der Waals surface area (Å²) >= 11 is 6.43. The Morgan fingerprint density at radius 3 is 2.75 bits per heavy atom. The minimum absolute atomic E-state index is 0.359. The van der Waals surface area contributed by atoms with Gasteiger partial charge in [-0.25, -0.2) is 0 Å². The highest BCUT2D eigenvalue weighted by Gasteiger charge is 2.40. The van der Waals surface area contributed by atoms with Gasteiger partial charge in [0.25, 0.3) is 0 Å². The molecule has 3 heteroatoms. The molecule has 110 valence electrons. The van der Waals surface area contributed by atoms with Gasteiger partial charge < -0.3 is 10.1 Å². The monoisotopic (exact) mass is 293 g/mol. The quantitative estimate of drug-likeness (QED) is 0.867. The van der Waals surface area contributed by atoms with Gasteiger partial charge in [0, 0.05) is 11.1 Å². The van der Waals surface area contributed by atoms with Crippen molar-refractivity contribution in [1.29, 1.82) is 0 Å². The van der Waals surface area contributed by atoms with E-state index in [4.69, 9.17) is 16.3 Å². The molecule has 2 bridgehead atoms. The van der Waals surface area contributed by atoms with E-state index in [1.807, 2.05) is 19.2 Å². The second kappa shape index (κ2) is 5.95. The topological polar surface area (TPSA) is 21.3 Å². The normalized spacial score (nSPS) is 29.6. The molecule has 0 aliphatic heterocycles. The summed E-state index contributed by atoms with van der Waals surface area (Å²) in [6.45, 7) is 0. The van der Waals surface area contributed by atoms with Gasteiger partial charge in [-0.15, -0.1) is 0 Å². The molecule has 0 aromatic heterocycles. The van der Waals surface area contributed by atoms with Crippen LogP contribution in [0.4, 0.5) is 0 Å². The Bertz CT molecular complexity index is 476. The molecular weight excluding hydrogens is 270 g/mol. The third kappa shape index (κ3) is 2.68. The molecule has 1 aromatic rings. The number of methoxy groups -OCH3 is 1. The third-order valence-electron chi connectivity index (χ3n) is 5.35. The Labute approximate surface area is 126 Å². The van der Waals surface area contributed by atoms with Crippen molar-refractivity contribution >= 4 is 11.6 Å². The Morgan fingerprint density at radius 1 is 1.35 bits per heavy atom. The number of fused-ring (bicyclic) bond motifs is 2. The number of nitrogens with one attached hydrogen (secondary N) is 1. The van der Waals surface area contributed by atoms with Crippen LogP contribution in [0.1, 0.15) is 43.7 Å². The summed E-state index contributed by atoms with van der Waals surface area (Å²) in [6, 6.07) is 6.39. The van der Waals surface area contributed by atoms with Gasteiger partial charge in [0.15, 0.2) is 0 Å². The molecule has 20 heavy (non-hydrogen) atoms. The van der Waals surface area contributed by atoms with E-state index in [1.54, 1.807) is 7.11 Å². The minimum atomic E-state index is 0.359. The first-order valence-electron chi connectivity index (χ1n) is 7.72. The second-order valence-electron chi connectivity index (χ2n) is 6.40. The van der Waals surface area contributed by atoms with Crippen LogP contribution in [-0.4, -0.2) is 14.2 Å². The number of hydrogen-bond donors (Lipinski definition) is 1.